The standard InChI is InChI=1S/C19H17N3O4/c1-12-17(14(11-20)19(26-12)22-8-2-3-9-22)18(25)21-7-6-13-4-5-15(23)16(24)10-13/h2-5,8-10,23-24H,6-7H2,1H3,(H,21,25). The number of aromatic nitrogens is 1. The molecule has 3 aromatic rings. The van der Waals surface area contributed by atoms with Crippen LogP contribution in [0.4, 0.5) is 0 Å². The van der Waals surface area contributed by atoms with Crippen LogP contribution in [0, 0.1) is 18.3 Å². The highest BCUT2D eigenvalue weighted by molar-refractivity contribution is 5.98. The Morgan fingerprint density at radius 1 is 1.27 bits per heavy atom. The van der Waals surface area contributed by atoms with Gasteiger partial charge >= 0.3 is 0 Å². The Labute approximate surface area is 149 Å². The molecule has 0 unspecified atom stereocenters. The average molecular weight is 351 g/mol. The van der Waals surface area contributed by atoms with Crippen molar-refractivity contribution in [1.82, 2.24) is 9.88 Å². The largest absolute Gasteiger partial charge is 0.504 e. The number of nitrogens with one attached hydrogen (secondary N) is 1. The first-order chi connectivity index (χ1) is 12.5. The summed E-state index contributed by atoms with van der Waals surface area (Å²) >= 11 is 0. The van der Waals surface area contributed by atoms with Crippen LogP contribution in [0.25, 0.3) is 5.88 Å². The number of aromatic hydroxyl groups is 2. The van der Waals surface area contributed by atoms with Gasteiger partial charge in [0, 0.05) is 18.9 Å². The second-order valence-corrected chi connectivity index (χ2v) is 5.74. The summed E-state index contributed by atoms with van der Waals surface area (Å²) in [5.41, 5.74) is 1.15. The van der Waals surface area contributed by atoms with E-state index in [-0.39, 0.29) is 22.6 Å². The van der Waals surface area contributed by atoms with Gasteiger partial charge in [-0.1, -0.05) is 6.07 Å². The van der Waals surface area contributed by atoms with E-state index in [1.54, 1.807) is 42.1 Å². The molecular formula is C19H17N3O4. The summed E-state index contributed by atoms with van der Waals surface area (Å²) in [6.45, 7) is 1.94. The van der Waals surface area contributed by atoms with Crippen molar-refractivity contribution in [2.45, 2.75) is 13.3 Å². The van der Waals surface area contributed by atoms with Gasteiger partial charge in [-0.25, -0.2) is 0 Å². The van der Waals surface area contributed by atoms with E-state index in [4.69, 9.17) is 4.42 Å². The van der Waals surface area contributed by atoms with Crippen LogP contribution in [0.3, 0.4) is 0 Å². The summed E-state index contributed by atoms with van der Waals surface area (Å²) in [5.74, 6) is -0.122. The Morgan fingerprint density at radius 2 is 2.00 bits per heavy atom. The lowest BCUT2D eigenvalue weighted by Gasteiger charge is -2.06. The highest BCUT2D eigenvalue weighted by Crippen LogP contribution is 2.26. The Kier molecular flexibility index (Phi) is 4.67. The summed E-state index contributed by atoms with van der Waals surface area (Å²) in [4.78, 5) is 12.5. The molecule has 3 N–H and O–H groups in total. The number of furan rings is 1. The second kappa shape index (κ2) is 7.07. The van der Waals surface area contributed by atoms with Gasteiger partial charge in [0.25, 0.3) is 5.91 Å². The van der Waals surface area contributed by atoms with Gasteiger partial charge in [0.2, 0.25) is 5.88 Å². The van der Waals surface area contributed by atoms with Gasteiger partial charge in [-0.2, -0.15) is 5.26 Å². The fourth-order valence-electron chi connectivity index (χ4n) is 2.69. The van der Waals surface area contributed by atoms with Crippen molar-refractivity contribution in [3.05, 3.63) is 65.2 Å². The fraction of sp³-hybridized carbons (Fsp3) is 0.158. The van der Waals surface area contributed by atoms with Crippen LogP contribution in [0.15, 0.2) is 47.1 Å². The summed E-state index contributed by atoms with van der Waals surface area (Å²) in [7, 11) is 0. The Hall–Kier alpha value is -3.66. The van der Waals surface area contributed by atoms with Gasteiger partial charge in [-0.15, -0.1) is 0 Å². The average Bonchev–Trinajstić information content (AvgIpc) is 3.25. The normalized spacial score (nSPS) is 10.5. The van der Waals surface area contributed by atoms with Crippen molar-refractivity contribution in [2.24, 2.45) is 0 Å². The predicted octanol–water partition coefficient (Wildman–Crippen LogP) is 2.63. The molecule has 1 aromatic carbocycles. The first-order valence-corrected chi connectivity index (χ1v) is 7.97. The van der Waals surface area contributed by atoms with E-state index in [2.05, 4.69) is 5.32 Å². The zero-order chi connectivity index (χ0) is 18.7. The Bertz CT molecular complexity index is 981. The van der Waals surface area contributed by atoms with E-state index in [0.717, 1.165) is 5.56 Å². The monoisotopic (exact) mass is 351 g/mol. The lowest BCUT2D eigenvalue weighted by Crippen LogP contribution is -2.26. The van der Waals surface area contributed by atoms with Crippen LogP contribution < -0.4 is 5.32 Å². The third kappa shape index (κ3) is 3.26. The van der Waals surface area contributed by atoms with Crippen molar-refractivity contribution in [2.75, 3.05) is 6.54 Å². The highest BCUT2D eigenvalue weighted by atomic mass is 16.4. The smallest absolute Gasteiger partial charge is 0.256 e. The van der Waals surface area contributed by atoms with Gasteiger partial charge in [-0.05, 0) is 43.2 Å². The van der Waals surface area contributed by atoms with Crippen LogP contribution in [0.1, 0.15) is 27.2 Å². The van der Waals surface area contributed by atoms with Crippen LogP contribution in [-0.4, -0.2) is 27.2 Å². The molecule has 2 heterocycles. The third-order valence-electron chi connectivity index (χ3n) is 3.98. The Balaban J connectivity index is 1.74. The second-order valence-electron chi connectivity index (χ2n) is 5.74. The van der Waals surface area contributed by atoms with Crippen LogP contribution in [-0.2, 0) is 6.42 Å². The van der Waals surface area contributed by atoms with Crippen LogP contribution >= 0.6 is 0 Å². The number of aryl methyl sites for hydroxylation is 1. The van der Waals surface area contributed by atoms with E-state index in [1.165, 1.54) is 12.1 Å². The number of benzene rings is 1. The molecule has 1 amide bonds. The quantitative estimate of drug-likeness (QED) is 0.612. The molecule has 0 saturated carbocycles. The summed E-state index contributed by atoms with van der Waals surface area (Å²) in [6.07, 6.45) is 3.93. The minimum Gasteiger partial charge on any atom is -0.504 e. The first kappa shape index (κ1) is 17.2. The molecule has 0 aliphatic carbocycles. The van der Waals surface area contributed by atoms with Crippen LogP contribution in [0.5, 0.6) is 11.5 Å². The summed E-state index contributed by atoms with van der Waals surface area (Å²) in [6, 6.07) is 10.1. The van der Waals surface area contributed by atoms with Crippen molar-refractivity contribution < 1.29 is 19.4 Å². The topological polar surface area (TPSA) is 111 Å². The van der Waals surface area contributed by atoms with E-state index in [0.29, 0.717) is 24.6 Å². The van der Waals surface area contributed by atoms with Crippen LogP contribution in [0.2, 0.25) is 0 Å². The van der Waals surface area contributed by atoms with E-state index >= 15 is 0 Å². The number of nitrogens with zero attached hydrogens (tertiary/aromatic N) is 2. The maximum atomic E-state index is 12.5. The maximum absolute atomic E-state index is 12.5. The number of amides is 1. The van der Waals surface area contributed by atoms with Gasteiger partial charge in [0.1, 0.15) is 23.0 Å². The number of nitriles is 1. The third-order valence-corrected chi connectivity index (χ3v) is 3.98. The molecule has 2 aromatic heterocycles. The molecule has 0 spiro atoms. The predicted molar refractivity (Wildman–Crippen MR) is 93.3 cm³/mol. The van der Waals surface area contributed by atoms with E-state index in [9.17, 15) is 20.3 Å². The molecule has 0 aliphatic rings. The molecule has 0 radical (unpaired) electrons. The van der Waals surface area contributed by atoms with Crippen molar-refractivity contribution in [3.8, 4) is 23.5 Å². The molecular weight excluding hydrogens is 334 g/mol. The molecule has 7 nitrogen and oxygen atoms in total. The fourth-order valence-corrected chi connectivity index (χ4v) is 2.69. The van der Waals surface area contributed by atoms with Crippen molar-refractivity contribution in [1.29, 1.82) is 5.26 Å². The molecule has 7 heteroatoms. The molecule has 0 saturated heterocycles. The SMILES string of the molecule is Cc1oc(-n2cccc2)c(C#N)c1C(=O)NCCc1ccc(O)c(O)c1. The number of carbonyl (C=O) groups is 1. The van der Waals surface area contributed by atoms with Crippen molar-refractivity contribution >= 4 is 5.91 Å². The molecule has 3 rings (SSSR count). The number of hydrogen-bond donors (Lipinski definition) is 3. The van der Waals surface area contributed by atoms with E-state index < -0.39 is 5.91 Å². The van der Waals surface area contributed by atoms with Gasteiger partial charge in [0.05, 0.1) is 0 Å². The lowest BCUT2D eigenvalue weighted by molar-refractivity contribution is 0.0952. The van der Waals surface area contributed by atoms with Crippen molar-refractivity contribution in [3.63, 3.8) is 0 Å². The minimum absolute atomic E-state index is 0.179. The number of carbonyl (C=O) groups excluding carboxylic acids is 1. The Morgan fingerprint density at radius 3 is 2.65 bits per heavy atom. The summed E-state index contributed by atoms with van der Waals surface area (Å²) < 4.78 is 7.25. The van der Waals surface area contributed by atoms with Gasteiger partial charge < -0.3 is 19.9 Å². The maximum Gasteiger partial charge on any atom is 0.256 e. The lowest BCUT2D eigenvalue weighted by atomic mass is 10.1. The number of phenols is 2. The summed E-state index contributed by atoms with van der Waals surface area (Å²) in [5, 5.41) is 31.0. The molecule has 0 fully saturated rings. The first-order valence-electron chi connectivity index (χ1n) is 7.97. The highest BCUT2D eigenvalue weighted by Gasteiger charge is 2.24. The zero-order valence-corrected chi connectivity index (χ0v) is 14.1. The number of hydrogen-bond acceptors (Lipinski definition) is 5. The van der Waals surface area contributed by atoms with Gasteiger partial charge in [-0.3, -0.25) is 9.36 Å². The van der Waals surface area contributed by atoms with E-state index in [1.807, 2.05) is 6.07 Å². The van der Waals surface area contributed by atoms with Gasteiger partial charge in [0.15, 0.2) is 11.5 Å². The molecule has 0 atom stereocenters. The molecule has 132 valence electrons. The zero-order valence-electron chi connectivity index (χ0n) is 14.1. The molecule has 0 bridgehead atoms. The molecule has 0 aliphatic heterocycles. The minimum atomic E-state index is -0.399. The number of phenolic OH excluding ortho intramolecular Hbond substituents is 2. The molecule has 26 heavy (non-hydrogen) atoms. The number of rotatable bonds is 5.